The number of hydrogen-bond donors (Lipinski definition) is 1. The van der Waals surface area contributed by atoms with Gasteiger partial charge in [-0.2, -0.15) is 0 Å². The van der Waals surface area contributed by atoms with Crippen molar-refractivity contribution in [2.75, 3.05) is 20.3 Å². The van der Waals surface area contributed by atoms with Crippen LogP contribution in [0.15, 0.2) is 42.5 Å². The molecule has 1 aromatic carbocycles. The van der Waals surface area contributed by atoms with Gasteiger partial charge in [-0.05, 0) is 18.9 Å². The molecule has 0 radical (unpaired) electrons. The molecule has 23 heavy (non-hydrogen) atoms. The summed E-state index contributed by atoms with van der Waals surface area (Å²) < 4.78 is 11.2. The van der Waals surface area contributed by atoms with Crippen LogP contribution < -0.4 is 10.1 Å². The molecule has 1 N–H and O–H groups in total. The van der Waals surface area contributed by atoms with Crippen LogP contribution in [-0.4, -0.2) is 25.2 Å². The molecule has 1 aromatic heterocycles. The van der Waals surface area contributed by atoms with Crippen LogP contribution in [0.1, 0.15) is 29.5 Å². The molecule has 4 nitrogen and oxygen atoms in total. The van der Waals surface area contributed by atoms with Gasteiger partial charge in [-0.15, -0.1) is 0 Å². The minimum Gasteiger partial charge on any atom is -0.497 e. The highest BCUT2D eigenvalue weighted by molar-refractivity contribution is 5.26. The highest BCUT2D eigenvalue weighted by atomic mass is 16.5. The zero-order chi connectivity index (χ0) is 16.1. The molecule has 2 atom stereocenters. The van der Waals surface area contributed by atoms with Gasteiger partial charge in [0, 0.05) is 43.4 Å². The van der Waals surface area contributed by atoms with Gasteiger partial charge in [0.05, 0.1) is 18.9 Å². The molecule has 2 aromatic rings. The lowest BCUT2D eigenvalue weighted by atomic mass is 9.95. The van der Waals surface area contributed by atoms with Gasteiger partial charge in [0.25, 0.3) is 0 Å². The number of pyridine rings is 1. The van der Waals surface area contributed by atoms with E-state index >= 15 is 0 Å². The Morgan fingerprint density at radius 1 is 1.26 bits per heavy atom. The lowest BCUT2D eigenvalue weighted by Gasteiger charge is -2.19. The second-order valence-corrected chi connectivity index (χ2v) is 6.02. The van der Waals surface area contributed by atoms with Crippen molar-refractivity contribution in [3.63, 3.8) is 0 Å². The van der Waals surface area contributed by atoms with E-state index in [4.69, 9.17) is 9.47 Å². The Morgan fingerprint density at radius 3 is 2.87 bits per heavy atom. The van der Waals surface area contributed by atoms with E-state index < -0.39 is 0 Å². The van der Waals surface area contributed by atoms with E-state index in [1.165, 1.54) is 5.56 Å². The van der Waals surface area contributed by atoms with Crippen LogP contribution in [0, 0.1) is 12.8 Å². The number of aromatic nitrogens is 1. The van der Waals surface area contributed by atoms with E-state index in [2.05, 4.69) is 34.6 Å². The van der Waals surface area contributed by atoms with Crippen LogP contribution >= 0.6 is 0 Å². The number of methoxy groups -OCH3 is 1. The van der Waals surface area contributed by atoms with Crippen molar-refractivity contribution in [3.8, 4) is 5.75 Å². The lowest BCUT2D eigenvalue weighted by molar-refractivity contribution is 0.0904. The van der Waals surface area contributed by atoms with Crippen molar-refractivity contribution in [2.24, 2.45) is 5.92 Å². The van der Waals surface area contributed by atoms with Crippen LogP contribution in [-0.2, 0) is 11.3 Å². The van der Waals surface area contributed by atoms with Crippen molar-refractivity contribution in [2.45, 2.75) is 26.0 Å². The Kier molecular flexibility index (Phi) is 5.26. The van der Waals surface area contributed by atoms with Gasteiger partial charge in [0.1, 0.15) is 5.75 Å². The smallest absolute Gasteiger partial charge is 0.122 e. The topological polar surface area (TPSA) is 43.4 Å². The van der Waals surface area contributed by atoms with E-state index in [0.29, 0.717) is 5.92 Å². The Hall–Kier alpha value is -1.91. The molecule has 1 fully saturated rings. The molecule has 0 bridgehead atoms. The van der Waals surface area contributed by atoms with Gasteiger partial charge in [0.15, 0.2) is 0 Å². The maximum absolute atomic E-state index is 5.93. The summed E-state index contributed by atoms with van der Waals surface area (Å²) >= 11 is 0. The molecule has 0 saturated carbocycles. The average molecular weight is 312 g/mol. The first-order chi connectivity index (χ1) is 11.3. The molecule has 0 unspecified atom stereocenters. The lowest BCUT2D eigenvalue weighted by Crippen LogP contribution is -2.25. The maximum Gasteiger partial charge on any atom is 0.122 e. The molecule has 1 saturated heterocycles. The van der Waals surface area contributed by atoms with Crippen LogP contribution in [0.4, 0.5) is 0 Å². The summed E-state index contributed by atoms with van der Waals surface area (Å²) in [4.78, 5) is 4.55. The number of nitrogens with one attached hydrogen (secondary N) is 1. The predicted molar refractivity (Wildman–Crippen MR) is 90.5 cm³/mol. The fourth-order valence-corrected chi connectivity index (χ4v) is 3.15. The van der Waals surface area contributed by atoms with Crippen LogP contribution in [0.25, 0.3) is 0 Å². The molecular formula is C19H24N2O2. The Bertz CT molecular complexity index is 631. The van der Waals surface area contributed by atoms with E-state index in [-0.39, 0.29) is 6.10 Å². The molecule has 0 amide bonds. The number of benzene rings is 1. The van der Waals surface area contributed by atoms with Crippen LogP contribution in [0.2, 0.25) is 0 Å². The number of aryl methyl sites for hydroxylation is 1. The number of rotatable bonds is 6. The van der Waals surface area contributed by atoms with E-state index in [1.807, 2.05) is 25.1 Å². The first-order valence-corrected chi connectivity index (χ1v) is 8.15. The zero-order valence-corrected chi connectivity index (χ0v) is 13.8. The number of ether oxygens (including phenoxy) is 2. The summed E-state index contributed by atoms with van der Waals surface area (Å²) in [7, 11) is 1.69. The fourth-order valence-electron chi connectivity index (χ4n) is 3.15. The van der Waals surface area contributed by atoms with Crippen molar-refractivity contribution < 1.29 is 9.47 Å². The van der Waals surface area contributed by atoms with Crippen molar-refractivity contribution in [1.29, 1.82) is 0 Å². The predicted octanol–water partition coefficient (Wildman–Crippen LogP) is 3.27. The summed E-state index contributed by atoms with van der Waals surface area (Å²) in [5, 5.41) is 3.52. The number of nitrogens with zero attached hydrogens (tertiary/aromatic N) is 1. The zero-order valence-electron chi connectivity index (χ0n) is 13.8. The van der Waals surface area contributed by atoms with E-state index in [1.54, 1.807) is 7.11 Å². The molecule has 4 heteroatoms. The van der Waals surface area contributed by atoms with Gasteiger partial charge in [-0.3, -0.25) is 4.98 Å². The summed E-state index contributed by atoms with van der Waals surface area (Å²) in [6.07, 6.45) is 1.29. The first kappa shape index (κ1) is 16.0. The molecule has 3 rings (SSSR count). The summed E-state index contributed by atoms with van der Waals surface area (Å²) in [6.45, 7) is 4.50. The highest BCUT2D eigenvalue weighted by Gasteiger charge is 2.29. The summed E-state index contributed by atoms with van der Waals surface area (Å²) in [6, 6.07) is 14.4. The summed E-state index contributed by atoms with van der Waals surface area (Å²) in [5.74, 6) is 1.37. The maximum atomic E-state index is 5.93. The van der Waals surface area contributed by atoms with Gasteiger partial charge in [0.2, 0.25) is 0 Å². The molecular weight excluding hydrogens is 288 g/mol. The molecule has 1 aliphatic heterocycles. The summed E-state index contributed by atoms with van der Waals surface area (Å²) in [5.41, 5.74) is 3.26. The van der Waals surface area contributed by atoms with E-state index in [9.17, 15) is 0 Å². The largest absolute Gasteiger partial charge is 0.497 e. The number of hydrogen-bond acceptors (Lipinski definition) is 4. The minimum absolute atomic E-state index is 0.198. The fraction of sp³-hybridized carbons (Fsp3) is 0.421. The monoisotopic (exact) mass is 312 g/mol. The SMILES string of the molecule is COc1cc(C)nc(CNC[C@H]2CCO[C@@H]2c2ccccc2)c1. The van der Waals surface area contributed by atoms with Crippen molar-refractivity contribution >= 4 is 0 Å². The van der Waals surface area contributed by atoms with Gasteiger partial charge >= 0.3 is 0 Å². The first-order valence-electron chi connectivity index (χ1n) is 8.15. The van der Waals surface area contributed by atoms with Gasteiger partial charge in [-0.1, -0.05) is 30.3 Å². The molecule has 0 spiro atoms. The third kappa shape index (κ3) is 4.09. The third-order valence-corrected chi connectivity index (χ3v) is 4.27. The third-order valence-electron chi connectivity index (χ3n) is 4.27. The second kappa shape index (κ2) is 7.57. The van der Waals surface area contributed by atoms with E-state index in [0.717, 1.165) is 43.3 Å². The van der Waals surface area contributed by atoms with Crippen LogP contribution in [0.3, 0.4) is 0 Å². The molecule has 2 heterocycles. The molecule has 122 valence electrons. The molecule has 0 aliphatic carbocycles. The minimum atomic E-state index is 0.198. The van der Waals surface area contributed by atoms with Crippen LogP contribution in [0.5, 0.6) is 5.75 Å². The van der Waals surface area contributed by atoms with Gasteiger partial charge in [-0.25, -0.2) is 0 Å². The Labute approximate surface area is 137 Å². The van der Waals surface area contributed by atoms with Crippen molar-refractivity contribution in [1.82, 2.24) is 10.3 Å². The Balaban J connectivity index is 1.57. The van der Waals surface area contributed by atoms with Gasteiger partial charge < -0.3 is 14.8 Å². The normalized spacial score (nSPS) is 20.6. The second-order valence-electron chi connectivity index (χ2n) is 6.02. The quantitative estimate of drug-likeness (QED) is 0.889. The average Bonchev–Trinajstić information content (AvgIpc) is 3.03. The Morgan fingerprint density at radius 2 is 2.09 bits per heavy atom. The molecule has 1 aliphatic rings. The standard InChI is InChI=1S/C19H24N2O2/c1-14-10-18(22-2)11-17(21-14)13-20-12-16-8-9-23-19(16)15-6-4-3-5-7-15/h3-7,10-11,16,19-20H,8-9,12-13H2,1-2H3/t16-,19-/m1/s1. The highest BCUT2D eigenvalue weighted by Crippen LogP contribution is 2.33. The van der Waals surface area contributed by atoms with Crippen molar-refractivity contribution in [3.05, 3.63) is 59.4 Å².